The Kier molecular flexibility index (Phi) is 9.86. The molecule has 0 aromatic heterocycles. The highest BCUT2D eigenvalue weighted by atomic mass is 16.5. The van der Waals surface area contributed by atoms with Gasteiger partial charge in [-0.05, 0) is 121 Å². The van der Waals surface area contributed by atoms with Crippen molar-refractivity contribution in [1.29, 1.82) is 0 Å². The molecule has 392 valence electrons. The third-order valence-electron chi connectivity index (χ3n) is 19.1. The highest BCUT2D eigenvalue weighted by Crippen LogP contribution is 2.68. The van der Waals surface area contributed by atoms with Crippen molar-refractivity contribution < 1.29 is 9.47 Å². The van der Waals surface area contributed by atoms with E-state index in [4.69, 9.17) is 9.47 Å². The van der Waals surface area contributed by atoms with E-state index in [2.05, 4.69) is 314 Å². The van der Waals surface area contributed by atoms with Crippen molar-refractivity contribution >= 4 is 17.1 Å². The molecule has 0 fully saturated rings. The molecule has 5 aliphatic rings. The quantitative estimate of drug-likeness (QED) is 0.166. The van der Waals surface area contributed by atoms with Crippen LogP contribution in [0.25, 0.3) is 44.5 Å². The average molecular weight is 1070 g/mol. The first-order valence-corrected chi connectivity index (χ1v) is 29.2. The van der Waals surface area contributed by atoms with Crippen LogP contribution in [0.2, 0.25) is 0 Å². The first-order chi connectivity index (χ1) is 41.7. The Balaban J connectivity index is 0.956. The molecule has 0 atom stereocenters. The molecule has 2 heterocycles. The number of anilines is 3. The molecule has 84 heavy (non-hydrogen) atoms. The molecule has 3 heteroatoms. The van der Waals surface area contributed by atoms with Crippen molar-refractivity contribution in [2.24, 2.45) is 0 Å². The monoisotopic (exact) mass is 1070 g/mol. The molecule has 0 N–H and O–H groups in total. The summed E-state index contributed by atoms with van der Waals surface area (Å²) in [6, 6.07) is 115. The van der Waals surface area contributed by atoms with Gasteiger partial charge in [-0.3, -0.25) is 0 Å². The van der Waals surface area contributed by atoms with Crippen LogP contribution in [0.1, 0.15) is 66.8 Å². The highest BCUT2D eigenvalue weighted by Gasteiger charge is 2.55. The third kappa shape index (κ3) is 5.99. The van der Waals surface area contributed by atoms with Crippen LogP contribution in [0.15, 0.2) is 309 Å². The standard InChI is InChI=1S/C81H51NO2/c1-3-25-53(26-4-1)79(54-27-5-2-6-28-54)60-33-11-7-30-56(60)57-50-49-52(51-69(57)79)55-29-10-18-42-70(55)82(71-43-23-40-67-77(71)58-31-8-12-34-61(58)80(67)63-36-14-19-45-73(63)83-74-46-20-15-37-64(74)80)72-44-24-41-68-78(72)59-32-9-13-35-62(59)81(68)65-38-16-21-47-75(65)84-76-48-22-17-39-66(76)81/h1-51H. The molecule has 13 aromatic rings. The molecular weight excluding hydrogens is 1020 g/mol. The van der Waals surface area contributed by atoms with E-state index >= 15 is 0 Å². The van der Waals surface area contributed by atoms with Gasteiger partial charge in [0.05, 0.1) is 33.3 Å². The van der Waals surface area contributed by atoms with Gasteiger partial charge >= 0.3 is 0 Å². The third-order valence-corrected chi connectivity index (χ3v) is 19.1. The van der Waals surface area contributed by atoms with Gasteiger partial charge in [-0.2, -0.15) is 0 Å². The van der Waals surface area contributed by atoms with Crippen LogP contribution in [0.3, 0.4) is 0 Å². The van der Waals surface area contributed by atoms with Crippen molar-refractivity contribution in [2.75, 3.05) is 4.90 Å². The molecule has 0 saturated heterocycles. The summed E-state index contributed by atoms with van der Waals surface area (Å²) in [7, 11) is 0. The van der Waals surface area contributed by atoms with Crippen LogP contribution in [0.5, 0.6) is 23.0 Å². The van der Waals surface area contributed by atoms with E-state index in [0.717, 1.165) is 73.4 Å². The summed E-state index contributed by atoms with van der Waals surface area (Å²) in [5.74, 6) is 3.47. The van der Waals surface area contributed by atoms with Crippen molar-refractivity contribution in [1.82, 2.24) is 0 Å². The molecule has 0 saturated carbocycles. The normalized spacial score (nSPS) is 14.7. The lowest BCUT2D eigenvalue weighted by Gasteiger charge is -2.40. The van der Waals surface area contributed by atoms with Gasteiger partial charge in [0.2, 0.25) is 0 Å². The molecule has 0 bridgehead atoms. The lowest BCUT2D eigenvalue weighted by atomic mass is 9.66. The second-order valence-electron chi connectivity index (χ2n) is 22.8. The molecule has 0 amide bonds. The van der Waals surface area contributed by atoms with Crippen LogP contribution in [0.4, 0.5) is 17.1 Å². The zero-order valence-electron chi connectivity index (χ0n) is 45.7. The number of fused-ring (bicyclic) bond motifs is 21. The summed E-state index contributed by atoms with van der Waals surface area (Å²) in [6.07, 6.45) is 0. The van der Waals surface area contributed by atoms with Crippen LogP contribution >= 0.6 is 0 Å². The second-order valence-corrected chi connectivity index (χ2v) is 22.8. The minimum absolute atomic E-state index is 0.581. The molecule has 3 aliphatic carbocycles. The lowest BCUT2D eigenvalue weighted by molar-refractivity contribution is 0.436. The summed E-state index contributed by atoms with van der Waals surface area (Å²) < 4.78 is 13.7. The van der Waals surface area contributed by atoms with Crippen LogP contribution < -0.4 is 14.4 Å². The second kappa shape index (κ2) is 17.6. The maximum atomic E-state index is 6.87. The minimum atomic E-state index is -0.684. The van der Waals surface area contributed by atoms with Gasteiger partial charge in [-0.1, -0.05) is 261 Å². The van der Waals surface area contributed by atoms with E-state index in [0.29, 0.717) is 0 Å². The SMILES string of the molecule is c1ccc(C2(c3ccccc3)c3ccccc3-c3ccc(-c4ccccc4N(c4cccc5c4-c4ccccc4C54c5ccccc5Oc5ccccc54)c4cccc5c4-c4ccccc4C54c5ccccc5Oc5ccccc54)cc32)cc1. The first kappa shape index (κ1) is 47.0. The molecule has 18 rings (SSSR count). The van der Waals surface area contributed by atoms with Crippen molar-refractivity contribution in [3.8, 4) is 67.5 Å². The fourth-order valence-corrected chi connectivity index (χ4v) is 16.1. The van der Waals surface area contributed by atoms with E-state index in [9.17, 15) is 0 Å². The number of hydrogen-bond acceptors (Lipinski definition) is 3. The zero-order valence-corrected chi connectivity index (χ0v) is 45.7. The van der Waals surface area contributed by atoms with E-state index in [-0.39, 0.29) is 0 Å². The molecule has 2 spiro atoms. The summed E-state index contributed by atoms with van der Waals surface area (Å²) in [5.41, 5.74) is 25.3. The van der Waals surface area contributed by atoms with Crippen molar-refractivity contribution in [3.63, 3.8) is 0 Å². The average Bonchev–Trinajstić information content (AvgIpc) is 2.13. The minimum Gasteiger partial charge on any atom is -0.457 e. The fraction of sp³-hybridized carbons (Fsp3) is 0.0370. The predicted octanol–water partition coefficient (Wildman–Crippen LogP) is 20.1. The maximum Gasteiger partial charge on any atom is 0.132 e. The van der Waals surface area contributed by atoms with Crippen molar-refractivity contribution in [2.45, 2.75) is 16.2 Å². The largest absolute Gasteiger partial charge is 0.457 e. The van der Waals surface area contributed by atoms with Crippen LogP contribution in [0, 0.1) is 0 Å². The number of nitrogens with zero attached hydrogens (tertiary/aromatic N) is 1. The first-order valence-electron chi connectivity index (χ1n) is 29.2. The van der Waals surface area contributed by atoms with Gasteiger partial charge in [0.25, 0.3) is 0 Å². The van der Waals surface area contributed by atoms with Gasteiger partial charge in [-0.15, -0.1) is 0 Å². The molecule has 0 unspecified atom stereocenters. The van der Waals surface area contributed by atoms with E-state index in [1.54, 1.807) is 0 Å². The zero-order chi connectivity index (χ0) is 55.1. The molecule has 13 aromatic carbocycles. The summed E-state index contributed by atoms with van der Waals surface area (Å²) in [5, 5.41) is 0. The smallest absolute Gasteiger partial charge is 0.132 e. The molecule has 0 radical (unpaired) electrons. The van der Waals surface area contributed by atoms with E-state index < -0.39 is 16.2 Å². The lowest BCUT2D eigenvalue weighted by Crippen LogP contribution is -2.32. The Hall–Kier alpha value is -10.7. The fourth-order valence-electron chi connectivity index (χ4n) is 16.1. The van der Waals surface area contributed by atoms with Crippen molar-refractivity contribution in [3.05, 3.63) is 376 Å². The van der Waals surface area contributed by atoms with Crippen LogP contribution in [-0.4, -0.2) is 0 Å². The summed E-state index contributed by atoms with van der Waals surface area (Å²) in [6.45, 7) is 0. The number of para-hydroxylation sites is 5. The Bertz CT molecular complexity index is 4560. The van der Waals surface area contributed by atoms with Gasteiger partial charge in [-0.25, -0.2) is 0 Å². The number of benzene rings is 13. The Morgan fingerprint density at radius 3 is 1.01 bits per heavy atom. The van der Waals surface area contributed by atoms with Gasteiger partial charge in [0.15, 0.2) is 0 Å². The Morgan fingerprint density at radius 2 is 0.548 bits per heavy atom. The Labute approximate surface area is 488 Å². The molecule has 3 nitrogen and oxygen atoms in total. The molecular formula is C81H51NO2. The summed E-state index contributed by atoms with van der Waals surface area (Å²) >= 11 is 0. The summed E-state index contributed by atoms with van der Waals surface area (Å²) in [4.78, 5) is 2.62. The predicted molar refractivity (Wildman–Crippen MR) is 339 cm³/mol. The van der Waals surface area contributed by atoms with Gasteiger partial charge < -0.3 is 14.4 Å². The topological polar surface area (TPSA) is 21.7 Å². The molecule has 2 aliphatic heterocycles. The van der Waals surface area contributed by atoms with E-state index in [1.165, 1.54) is 77.9 Å². The maximum absolute atomic E-state index is 6.87. The number of hydrogen-bond donors (Lipinski definition) is 0. The van der Waals surface area contributed by atoms with Crippen LogP contribution in [-0.2, 0) is 16.2 Å². The van der Waals surface area contributed by atoms with E-state index in [1.807, 2.05) is 0 Å². The Morgan fingerprint density at radius 1 is 0.214 bits per heavy atom. The van der Waals surface area contributed by atoms with Gasteiger partial charge in [0, 0.05) is 38.9 Å². The highest BCUT2D eigenvalue weighted by molar-refractivity contribution is 6.05. The number of rotatable bonds is 6. The number of ether oxygens (including phenoxy) is 2. The van der Waals surface area contributed by atoms with Gasteiger partial charge in [0.1, 0.15) is 23.0 Å².